The number of nitrogens with zero attached hydrogens (tertiary/aromatic N) is 2. The summed E-state index contributed by atoms with van der Waals surface area (Å²) in [5.74, 6) is 1.75. The number of benzene rings is 1. The second-order valence-corrected chi connectivity index (χ2v) is 4.78. The van der Waals surface area contributed by atoms with Crippen LogP contribution in [0, 0.1) is 0 Å². The Morgan fingerprint density at radius 2 is 2.00 bits per heavy atom. The Bertz CT molecular complexity index is 543. The van der Waals surface area contributed by atoms with E-state index in [0.29, 0.717) is 0 Å². The van der Waals surface area contributed by atoms with Crippen molar-refractivity contribution in [3.8, 4) is 5.75 Å². The minimum absolute atomic E-state index is 0.780. The normalized spacial score (nSPS) is 10.3. The van der Waals surface area contributed by atoms with Gasteiger partial charge in [-0.05, 0) is 24.0 Å². The minimum Gasteiger partial charge on any atom is -0.497 e. The molecule has 0 amide bonds. The highest BCUT2D eigenvalue weighted by Gasteiger charge is 2.06. The van der Waals surface area contributed by atoms with Crippen LogP contribution in [0.1, 0.15) is 11.1 Å². The van der Waals surface area contributed by atoms with Crippen molar-refractivity contribution in [2.45, 2.75) is 11.6 Å². The smallest absolute Gasteiger partial charge is 0.189 e. The summed E-state index contributed by atoms with van der Waals surface area (Å²) in [6, 6.07) is 8.04. The topological polar surface area (TPSA) is 47.0 Å². The Kier molecular flexibility index (Phi) is 4.63. The fraction of sp³-hybridized carbons (Fsp3) is 0.286. The number of methoxy groups -OCH3 is 1. The molecule has 1 aromatic carbocycles. The third-order valence-electron chi connectivity index (χ3n) is 2.82. The van der Waals surface area contributed by atoms with Crippen LogP contribution >= 0.6 is 11.8 Å². The summed E-state index contributed by atoms with van der Waals surface area (Å²) in [7, 11) is 3.55. The van der Waals surface area contributed by atoms with Gasteiger partial charge in [-0.2, -0.15) is 0 Å². The zero-order valence-electron chi connectivity index (χ0n) is 11.3. The van der Waals surface area contributed by atoms with Gasteiger partial charge in [0.15, 0.2) is 5.16 Å². The summed E-state index contributed by atoms with van der Waals surface area (Å²) in [5, 5.41) is 3.90. The lowest BCUT2D eigenvalue weighted by Gasteiger charge is -2.09. The molecule has 1 heterocycles. The van der Waals surface area contributed by atoms with Gasteiger partial charge in [-0.1, -0.05) is 23.9 Å². The maximum absolute atomic E-state index is 5.15. The standard InChI is InChI=1S/C14H17N3OS/c1-15-13-11(9-16-14(17-13)19-3)8-10-4-6-12(18-2)7-5-10/h4-7,9H,8H2,1-3H3,(H,15,16,17). The van der Waals surface area contributed by atoms with Crippen LogP contribution in [0.4, 0.5) is 5.82 Å². The molecule has 0 saturated carbocycles. The Balaban J connectivity index is 2.21. The van der Waals surface area contributed by atoms with Crippen LogP contribution < -0.4 is 10.1 Å². The van der Waals surface area contributed by atoms with Crippen LogP contribution in [0.3, 0.4) is 0 Å². The maximum atomic E-state index is 5.15. The number of aromatic nitrogens is 2. The highest BCUT2D eigenvalue weighted by molar-refractivity contribution is 7.98. The predicted octanol–water partition coefficient (Wildman–Crippen LogP) is 2.84. The first-order chi connectivity index (χ1) is 9.26. The first-order valence-corrected chi connectivity index (χ1v) is 7.20. The van der Waals surface area contributed by atoms with E-state index in [0.717, 1.165) is 28.7 Å². The predicted molar refractivity (Wildman–Crippen MR) is 79.2 cm³/mol. The van der Waals surface area contributed by atoms with Crippen molar-refractivity contribution in [1.29, 1.82) is 0 Å². The molecule has 0 fully saturated rings. The molecule has 2 rings (SSSR count). The Labute approximate surface area is 117 Å². The monoisotopic (exact) mass is 275 g/mol. The fourth-order valence-electron chi connectivity index (χ4n) is 1.80. The first kappa shape index (κ1) is 13.7. The largest absolute Gasteiger partial charge is 0.497 e. The zero-order valence-corrected chi connectivity index (χ0v) is 12.1. The van der Waals surface area contributed by atoms with E-state index >= 15 is 0 Å². The average Bonchev–Trinajstić information content (AvgIpc) is 2.48. The van der Waals surface area contributed by atoms with Crippen molar-refractivity contribution < 1.29 is 4.74 Å². The summed E-state index contributed by atoms with van der Waals surface area (Å²) < 4.78 is 5.15. The van der Waals surface area contributed by atoms with E-state index in [1.54, 1.807) is 7.11 Å². The molecule has 0 aliphatic carbocycles. The minimum atomic E-state index is 0.780. The molecular formula is C14H17N3OS. The van der Waals surface area contributed by atoms with Crippen LogP contribution in [0.5, 0.6) is 5.75 Å². The van der Waals surface area contributed by atoms with E-state index in [2.05, 4.69) is 27.4 Å². The quantitative estimate of drug-likeness (QED) is 0.671. The van der Waals surface area contributed by atoms with Gasteiger partial charge in [0.05, 0.1) is 7.11 Å². The van der Waals surface area contributed by atoms with Crippen LogP contribution in [0.15, 0.2) is 35.6 Å². The molecule has 1 aromatic heterocycles. The molecule has 4 nitrogen and oxygen atoms in total. The van der Waals surface area contributed by atoms with Crippen molar-refractivity contribution in [3.63, 3.8) is 0 Å². The number of hydrogen-bond donors (Lipinski definition) is 1. The number of anilines is 1. The maximum Gasteiger partial charge on any atom is 0.189 e. The molecule has 0 saturated heterocycles. The molecular weight excluding hydrogens is 258 g/mol. The fourth-order valence-corrected chi connectivity index (χ4v) is 2.14. The Morgan fingerprint density at radius 3 is 2.58 bits per heavy atom. The molecule has 0 bridgehead atoms. The third kappa shape index (κ3) is 3.38. The van der Waals surface area contributed by atoms with Gasteiger partial charge >= 0.3 is 0 Å². The van der Waals surface area contributed by atoms with Gasteiger partial charge in [0.2, 0.25) is 0 Å². The molecule has 0 spiro atoms. The number of ether oxygens (including phenoxy) is 1. The van der Waals surface area contributed by atoms with Crippen LogP contribution in [0.25, 0.3) is 0 Å². The van der Waals surface area contributed by atoms with Gasteiger partial charge in [0, 0.05) is 25.2 Å². The highest BCUT2D eigenvalue weighted by atomic mass is 32.2. The summed E-state index contributed by atoms with van der Waals surface area (Å²) in [5.41, 5.74) is 2.29. The summed E-state index contributed by atoms with van der Waals surface area (Å²) in [6.45, 7) is 0. The first-order valence-electron chi connectivity index (χ1n) is 5.97. The van der Waals surface area contributed by atoms with E-state index in [1.807, 2.05) is 31.6 Å². The lowest BCUT2D eigenvalue weighted by Crippen LogP contribution is -2.02. The third-order valence-corrected chi connectivity index (χ3v) is 3.38. The molecule has 2 aromatic rings. The lowest BCUT2D eigenvalue weighted by molar-refractivity contribution is 0.414. The van der Waals surface area contributed by atoms with E-state index in [-0.39, 0.29) is 0 Å². The number of nitrogens with one attached hydrogen (secondary N) is 1. The van der Waals surface area contributed by atoms with E-state index < -0.39 is 0 Å². The van der Waals surface area contributed by atoms with E-state index in [4.69, 9.17) is 4.74 Å². The zero-order chi connectivity index (χ0) is 13.7. The second-order valence-electron chi connectivity index (χ2n) is 4.01. The van der Waals surface area contributed by atoms with Gasteiger partial charge in [0.1, 0.15) is 11.6 Å². The van der Waals surface area contributed by atoms with Gasteiger partial charge in [-0.3, -0.25) is 0 Å². The molecule has 0 atom stereocenters. The second kappa shape index (κ2) is 6.43. The molecule has 1 N–H and O–H groups in total. The SMILES string of the molecule is CNc1nc(SC)ncc1Cc1ccc(OC)cc1. The van der Waals surface area contributed by atoms with Crippen LogP contribution in [-0.2, 0) is 6.42 Å². The Hall–Kier alpha value is -1.75. The van der Waals surface area contributed by atoms with Crippen LogP contribution in [0.2, 0.25) is 0 Å². The van der Waals surface area contributed by atoms with Gasteiger partial charge in [-0.15, -0.1) is 0 Å². The molecule has 0 aliphatic heterocycles. The van der Waals surface area contributed by atoms with Crippen molar-refractivity contribution in [2.75, 3.05) is 25.7 Å². The number of rotatable bonds is 5. The van der Waals surface area contributed by atoms with Crippen molar-refractivity contribution in [2.24, 2.45) is 0 Å². The van der Waals surface area contributed by atoms with Crippen molar-refractivity contribution >= 4 is 17.6 Å². The van der Waals surface area contributed by atoms with Gasteiger partial charge in [-0.25, -0.2) is 9.97 Å². The van der Waals surface area contributed by atoms with Crippen molar-refractivity contribution in [1.82, 2.24) is 9.97 Å². The van der Waals surface area contributed by atoms with E-state index in [1.165, 1.54) is 17.3 Å². The van der Waals surface area contributed by atoms with Crippen LogP contribution in [-0.4, -0.2) is 30.4 Å². The van der Waals surface area contributed by atoms with Crippen molar-refractivity contribution in [3.05, 3.63) is 41.6 Å². The molecule has 100 valence electrons. The highest BCUT2D eigenvalue weighted by Crippen LogP contribution is 2.20. The number of thioether (sulfide) groups is 1. The lowest BCUT2D eigenvalue weighted by atomic mass is 10.1. The average molecular weight is 275 g/mol. The molecule has 0 unspecified atom stereocenters. The van der Waals surface area contributed by atoms with Gasteiger partial charge < -0.3 is 10.1 Å². The Morgan fingerprint density at radius 1 is 1.26 bits per heavy atom. The summed E-state index contributed by atoms with van der Waals surface area (Å²) in [4.78, 5) is 8.78. The number of hydrogen-bond acceptors (Lipinski definition) is 5. The van der Waals surface area contributed by atoms with E-state index in [9.17, 15) is 0 Å². The van der Waals surface area contributed by atoms with Gasteiger partial charge in [0.25, 0.3) is 0 Å². The molecule has 0 radical (unpaired) electrons. The summed E-state index contributed by atoms with van der Waals surface area (Å²) >= 11 is 1.54. The molecule has 5 heteroatoms. The summed E-state index contributed by atoms with van der Waals surface area (Å²) in [6.07, 6.45) is 4.65. The molecule has 19 heavy (non-hydrogen) atoms. The molecule has 0 aliphatic rings.